The zero-order valence-electron chi connectivity index (χ0n) is 11.3. The summed E-state index contributed by atoms with van der Waals surface area (Å²) in [6.07, 6.45) is 7.28. The Morgan fingerprint density at radius 2 is 1.94 bits per heavy atom. The van der Waals surface area contributed by atoms with Crippen molar-refractivity contribution in [3.63, 3.8) is 0 Å². The first-order valence-electron chi connectivity index (χ1n) is 6.87. The van der Waals surface area contributed by atoms with Crippen LogP contribution in [-0.4, -0.2) is 11.8 Å². The molecule has 3 heteroatoms. The number of carbonyl (C=O) groups is 2. The monoisotopic (exact) mass is 239 g/mol. The lowest BCUT2D eigenvalue weighted by atomic mass is 9.70. The van der Waals surface area contributed by atoms with Gasteiger partial charge in [0, 0.05) is 6.42 Å². The van der Waals surface area contributed by atoms with Crippen LogP contribution in [0.5, 0.6) is 0 Å². The van der Waals surface area contributed by atoms with Crippen molar-refractivity contribution in [1.82, 2.24) is 5.32 Å². The fourth-order valence-corrected chi connectivity index (χ4v) is 2.67. The van der Waals surface area contributed by atoms with Crippen LogP contribution >= 0.6 is 0 Å². The lowest BCUT2D eigenvalue weighted by Crippen LogP contribution is -2.33. The summed E-state index contributed by atoms with van der Waals surface area (Å²) < 4.78 is 0. The molecule has 0 saturated carbocycles. The normalized spacial score (nSPS) is 23.6. The summed E-state index contributed by atoms with van der Waals surface area (Å²) in [6.45, 7) is 6.47. The van der Waals surface area contributed by atoms with Crippen LogP contribution in [-0.2, 0) is 9.59 Å². The molecule has 0 radical (unpaired) electrons. The molecule has 0 aliphatic carbocycles. The van der Waals surface area contributed by atoms with Gasteiger partial charge in [0.25, 0.3) is 0 Å². The minimum Gasteiger partial charge on any atom is -0.296 e. The molecular weight excluding hydrogens is 214 g/mol. The fourth-order valence-electron chi connectivity index (χ4n) is 2.67. The van der Waals surface area contributed by atoms with E-state index in [2.05, 4.69) is 26.1 Å². The molecule has 1 heterocycles. The van der Waals surface area contributed by atoms with Gasteiger partial charge in [-0.2, -0.15) is 0 Å². The third kappa shape index (κ3) is 3.55. The van der Waals surface area contributed by atoms with Crippen LogP contribution in [0.25, 0.3) is 0 Å². The molecule has 0 bridgehead atoms. The first-order chi connectivity index (χ1) is 8.03. The van der Waals surface area contributed by atoms with E-state index in [-0.39, 0.29) is 23.1 Å². The lowest BCUT2D eigenvalue weighted by Gasteiger charge is -2.32. The van der Waals surface area contributed by atoms with Gasteiger partial charge >= 0.3 is 0 Å². The molecular formula is C14H25NO2. The zero-order chi connectivity index (χ0) is 12.9. The predicted octanol–water partition coefficient (Wildman–Crippen LogP) is 3.04. The maximum absolute atomic E-state index is 11.7. The second-order valence-electron chi connectivity index (χ2n) is 5.49. The van der Waals surface area contributed by atoms with Crippen LogP contribution in [0.15, 0.2) is 0 Å². The van der Waals surface area contributed by atoms with Crippen LogP contribution in [0.2, 0.25) is 0 Å². The predicted molar refractivity (Wildman–Crippen MR) is 68.4 cm³/mol. The summed E-state index contributed by atoms with van der Waals surface area (Å²) >= 11 is 0. The summed E-state index contributed by atoms with van der Waals surface area (Å²) in [4.78, 5) is 23.0. The Kier molecular flexibility index (Phi) is 5.16. The Hall–Kier alpha value is -0.860. The van der Waals surface area contributed by atoms with Crippen molar-refractivity contribution < 1.29 is 9.59 Å². The number of unbranched alkanes of at least 4 members (excludes halogenated alkanes) is 3. The van der Waals surface area contributed by atoms with E-state index in [1.165, 1.54) is 19.3 Å². The molecule has 2 amide bonds. The number of hydrogen-bond acceptors (Lipinski definition) is 2. The fraction of sp³-hybridized carbons (Fsp3) is 0.857. The summed E-state index contributed by atoms with van der Waals surface area (Å²) in [5, 5.41) is 2.43. The summed E-state index contributed by atoms with van der Waals surface area (Å²) in [6, 6.07) is 0. The molecule has 0 aromatic carbocycles. The number of hydrogen-bond donors (Lipinski definition) is 1. The minimum atomic E-state index is -0.110. The Labute approximate surface area is 104 Å². The van der Waals surface area contributed by atoms with Crippen LogP contribution < -0.4 is 5.32 Å². The van der Waals surface area contributed by atoms with Crippen LogP contribution in [0.3, 0.4) is 0 Å². The zero-order valence-corrected chi connectivity index (χ0v) is 11.3. The first-order valence-corrected chi connectivity index (χ1v) is 6.87. The summed E-state index contributed by atoms with van der Waals surface area (Å²) in [5.41, 5.74) is -0.00994. The molecule has 17 heavy (non-hydrogen) atoms. The van der Waals surface area contributed by atoms with Crippen molar-refractivity contribution in [3.8, 4) is 0 Å². The molecule has 1 N–H and O–H groups in total. The summed E-state index contributed by atoms with van der Waals surface area (Å²) in [5.74, 6) is -0.273. The smallest absolute Gasteiger partial charge is 0.230 e. The maximum Gasteiger partial charge on any atom is 0.230 e. The van der Waals surface area contributed by atoms with E-state index in [1.54, 1.807) is 0 Å². The van der Waals surface area contributed by atoms with Crippen LogP contribution in [0.1, 0.15) is 65.7 Å². The van der Waals surface area contributed by atoms with Crippen molar-refractivity contribution in [2.24, 2.45) is 11.3 Å². The van der Waals surface area contributed by atoms with E-state index in [1.807, 2.05) is 0 Å². The van der Waals surface area contributed by atoms with Gasteiger partial charge in [0.05, 0.1) is 5.92 Å². The second-order valence-corrected chi connectivity index (χ2v) is 5.49. The van der Waals surface area contributed by atoms with Crippen LogP contribution in [0, 0.1) is 11.3 Å². The molecule has 2 atom stereocenters. The van der Waals surface area contributed by atoms with Gasteiger partial charge in [-0.1, -0.05) is 46.5 Å². The maximum atomic E-state index is 11.7. The van der Waals surface area contributed by atoms with E-state index in [4.69, 9.17) is 0 Å². The van der Waals surface area contributed by atoms with Gasteiger partial charge in [-0.05, 0) is 18.3 Å². The van der Waals surface area contributed by atoms with Gasteiger partial charge in [-0.3, -0.25) is 14.9 Å². The molecule has 3 nitrogen and oxygen atoms in total. The highest BCUT2D eigenvalue weighted by atomic mass is 16.2. The Balaban J connectivity index is 2.55. The molecule has 1 aliphatic rings. The van der Waals surface area contributed by atoms with Gasteiger partial charge in [-0.15, -0.1) is 0 Å². The first kappa shape index (κ1) is 14.2. The highest BCUT2D eigenvalue weighted by Crippen LogP contribution is 2.40. The highest BCUT2D eigenvalue weighted by Gasteiger charge is 2.42. The van der Waals surface area contributed by atoms with Crippen molar-refractivity contribution in [2.75, 3.05) is 0 Å². The van der Waals surface area contributed by atoms with Crippen LogP contribution in [0.4, 0.5) is 0 Å². The molecule has 0 aromatic heterocycles. The largest absolute Gasteiger partial charge is 0.296 e. The van der Waals surface area contributed by atoms with Gasteiger partial charge in [0.2, 0.25) is 11.8 Å². The van der Waals surface area contributed by atoms with Gasteiger partial charge < -0.3 is 0 Å². The highest BCUT2D eigenvalue weighted by molar-refractivity contribution is 6.03. The Morgan fingerprint density at radius 3 is 2.41 bits per heavy atom. The number of imide groups is 1. The van der Waals surface area contributed by atoms with E-state index >= 15 is 0 Å². The quantitative estimate of drug-likeness (QED) is 0.548. The number of carbonyl (C=O) groups excluding carboxylic acids is 2. The molecule has 1 fully saturated rings. The number of rotatable bonds is 7. The molecule has 0 spiro atoms. The minimum absolute atomic E-state index is 0.00994. The molecule has 98 valence electrons. The number of amides is 2. The molecule has 2 unspecified atom stereocenters. The average Bonchev–Trinajstić information content (AvgIpc) is 2.64. The van der Waals surface area contributed by atoms with E-state index in [0.717, 1.165) is 19.3 Å². The van der Waals surface area contributed by atoms with Gasteiger partial charge in [-0.25, -0.2) is 0 Å². The Morgan fingerprint density at radius 1 is 1.24 bits per heavy atom. The number of nitrogens with one attached hydrogen (secondary N) is 1. The van der Waals surface area contributed by atoms with Gasteiger partial charge in [0.15, 0.2) is 0 Å². The van der Waals surface area contributed by atoms with Crippen molar-refractivity contribution in [3.05, 3.63) is 0 Å². The third-order valence-corrected chi connectivity index (χ3v) is 4.22. The second kappa shape index (κ2) is 6.18. The van der Waals surface area contributed by atoms with E-state index < -0.39 is 0 Å². The van der Waals surface area contributed by atoms with Crippen molar-refractivity contribution in [1.29, 1.82) is 0 Å². The summed E-state index contributed by atoms with van der Waals surface area (Å²) in [7, 11) is 0. The molecule has 0 aromatic rings. The van der Waals surface area contributed by atoms with E-state index in [0.29, 0.717) is 6.42 Å². The van der Waals surface area contributed by atoms with Crippen molar-refractivity contribution in [2.45, 2.75) is 65.7 Å². The lowest BCUT2D eigenvalue weighted by molar-refractivity contribution is -0.127. The van der Waals surface area contributed by atoms with Crippen molar-refractivity contribution >= 4 is 11.8 Å². The van der Waals surface area contributed by atoms with E-state index in [9.17, 15) is 9.59 Å². The topological polar surface area (TPSA) is 46.2 Å². The average molecular weight is 239 g/mol. The molecule has 1 saturated heterocycles. The molecule has 1 rings (SSSR count). The third-order valence-electron chi connectivity index (χ3n) is 4.22. The standard InChI is InChI=1S/C14H25NO2/c1-4-6-7-8-9-14(3,5-2)11-10-12(16)15-13(11)17/h11H,4-10H2,1-3H3,(H,15,16,17). The molecule has 1 aliphatic heterocycles. The SMILES string of the molecule is CCCCCCC(C)(CC)C1CC(=O)NC1=O. The van der Waals surface area contributed by atoms with Gasteiger partial charge in [0.1, 0.15) is 0 Å². The Bertz CT molecular complexity index is 288.